The van der Waals surface area contributed by atoms with Crippen LogP contribution in [0.2, 0.25) is 0 Å². The molecule has 1 amide bonds. The van der Waals surface area contributed by atoms with E-state index in [1.165, 1.54) is 15.7 Å². The van der Waals surface area contributed by atoms with Gasteiger partial charge < -0.3 is 24.2 Å². The first kappa shape index (κ1) is 20.8. The number of hydrogen-bond donors (Lipinski definition) is 1. The first-order chi connectivity index (χ1) is 15.7. The van der Waals surface area contributed by atoms with Gasteiger partial charge in [0.05, 0.1) is 25.9 Å². The molecule has 0 bridgehead atoms. The Hall–Kier alpha value is -3.09. The Morgan fingerprint density at radius 2 is 1.84 bits per heavy atom. The van der Waals surface area contributed by atoms with Crippen molar-refractivity contribution >= 4 is 16.9 Å². The Morgan fingerprint density at radius 3 is 2.59 bits per heavy atom. The van der Waals surface area contributed by atoms with E-state index in [9.17, 15) is 9.90 Å². The highest BCUT2D eigenvalue weighted by Crippen LogP contribution is 2.32. The number of epoxide rings is 1. The minimum atomic E-state index is -0.895. The topological polar surface area (TPSA) is 71.5 Å². The maximum Gasteiger partial charge on any atom is 0.407 e. The van der Waals surface area contributed by atoms with Crippen LogP contribution in [0.4, 0.5) is 4.79 Å². The molecule has 6 heteroatoms. The zero-order chi connectivity index (χ0) is 21.9. The number of rotatable bonds is 7. The number of hydrogen-bond acceptors (Lipinski definition) is 4. The van der Waals surface area contributed by atoms with E-state index in [4.69, 9.17) is 14.2 Å². The highest BCUT2D eigenvalue weighted by Gasteiger charge is 2.33. The highest BCUT2D eigenvalue weighted by molar-refractivity contribution is 5.82. The van der Waals surface area contributed by atoms with E-state index in [0.29, 0.717) is 26.3 Å². The number of ether oxygens (including phenoxy) is 3. The van der Waals surface area contributed by atoms with Gasteiger partial charge in [0.1, 0.15) is 18.5 Å². The van der Waals surface area contributed by atoms with Crippen LogP contribution in [0, 0.1) is 0 Å². The minimum absolute atomic E-state index is 0.131. The molecule has 3 atom stereocenters. The monoisotopic (exact) mass is 433 g/mol. The number of likely N-dealkylation sites (tertiary alicyclic amines) is 1. The molecule has 2 aliphatic heterocycles. The molecule has 2 heterocycles. The van der Waals surface area contributed by atoms with Crippen molar-refractivity contribution in [3.63, 3.8) is 0 Å². The standard InChI is InChI=1S/C26H27NO5/c28-26(29)27-12-11-24(20-7-9-22(10-8-20)30-16-23-17-31-23)25(14-27)32-15-18-5-6-19-3-1-2-4-21(19)13-18/h1-10,13,23-25H,11-12,14-17H2,(H,28,29)/t23?,24-,25+/m1/s1. The van der Waals surface area contributed by atoms with Crippen LogP contribution in [0.3, 0.4) is 0 Å². The molecule has 0 saturated carbocycles. The van der Waals surface area contributed by atoms with Gasteiger partial charge in [-0.15, -0.1) is 0 Å². The molecule has 166 valence electrons. The molecule has 3 aromatic rings. The third-order valence-electron chi connectivity index (χ3n) is 6.25. The molecule has 3 aromatic carbocycles. The summed E-state index contributed by atoms with van der Waals surface area (Å²) in [4.78, 5) is 13.0. The van der Waals surface area contributed by atoms with E-state index in [1.54, 1.807) is 0 Å². The fourth-order valence-electron chi connectivity index (χ4n) is 4.34. The molecule has 2 saturated heterocycles. The molecule has 6 nitrogen and oxygen atoms in total. The Balaban J connectivity index is 1.29. The van der Waals surface area contributed by atoms with Crippen molar-refractivity contribution < 1.29 is 24.1 Å². The van der Waals surface area contributed by atoms with Crippen molar-refractivity contribution in [2.75, 3.05) is 26.3 Å². The molecule has 0 spiro atoms. The van der Waals surface area contributed by atoms with E-state index in [2.05, 4.69) is 42.5 Å². The molecular weight excluding hydrogens is 406 g/mol. The molecule has 2 fully saturated rings. The maximum atomic E-state index is 11.6. The van der Waals surface area contributed by atoms with E-state index in [1.807, 2.05) is 24.3 Å². The van der Waals surface area contributed by atoms with Gasteiger partial charge in [0.15, 0.2) is 0 Å². The maximum absolute atomic E-state index is 11.6. The van der Waals surface area contributed by atoms with Crippen LogP contribution in [0.25, 0.3) is 10.8 Å². The first-order valence-corrected chi connectivity index (χ1v) is 11.1. The zero-order valence-electron chi connectivity index (χ0n) is 17.9. The lowest BCUT2D eigenvalue weighted by Crippen LogP contribution is -2.46. The van der Waals surface area contributed by atoms with E-state index in [0.717, 1.165) is 29.9 Å². The smallest absolute Gasteiger partial charge is 0.407 e. The molecule has 1 unspecified atom stereocenters. The van der Waals surface area contributed by atoms with Crippen molar-refractivity contribution in [3.05, 3.63) is 77.9 Å². The molecule has 0 aliphatic carbocycles. The number of amides is 1. The van der Waals surface area contributed by atoms with Crippen LogP contribution in [0.15, 0.2) is 66.7 Å². The average molecular weight is 434 g/mol. The van der Waals surface area contributed by atoms with Crippen LogP contribution in [-0.4, -0.2) is 54.6 Å². The van der Waals surface area contributed by atoms with E-state index < -0.39 is 6.09 Å². The van der Waals surface area contributed by atoms with Crippen molar-refractivity contribution in [1.82, 2.24) is 4.90 Å². The SMILES string of the molecule is O=C(O)N1CC[C@H](c2ccc(OCC3CO3)cc2)[C@@H](OCc2ccc3ccccc3c2)C1. The molecule has 0 aromatic heterocycles. The largest absolute Gasteiger partial charge is 0.491 e. The van der Waals surface area contributed by atoms with Gasteiger partial charge in [-0.3, -0.25) is 0 Å². The molecule has 5 rings (SSSR count). The third kappa shape index (κ3) is 4.87. The number of carbonyl (C=O) groups is 1. The van der Waals surface area contributed by atoms with Crippen molar-refractivity contribution in [2.24, 2.45) is 0 Å². The number of carboxylic acid groups (broad SMARTS) is 1. The molecule has 1 N–H and O–H groups in total. The molecule has 0 radical (unpaired) electrons. The van der Waals surface area contributed by atoms with Crippen LogP contribution in [0.1, 0.15) is 23.5 Å². The molecule has 32 heavy (non-hydrogen) atoms. The number of benzene rings is 3. The summed E-state index contributed by atoms with van der Waals surface area (Å²) in [6.45, 7) is 2.67. The van der Waals surface area contributed by atoms with E-state index in [-0.39, 0.29) is 18.1 Å². The van der Waals surface area contributed by atoms with Crippen LogP contribution in [0.5, 0.6) is 5.75 Å². The zero-order valence-corrected chi connectivity index (χ0v) is 17.9. The van der Waals surface area contributed by atoms with Gasteiger partial charge in [-0.25, -0.2) is 4.79 Å². The predicted octanol–water partition coefficient (Wildman–Crippen LogP) is 4.67. The summed E-state index contributed by atoms with van der Waals surface area (Å²) >= 11 is 0. The lowest BCUT2D eigenvalue weighted by Gasteiger charge is -2.37. The highest BCUT2D eigenvalue weighted by atomic mass is 16.6. The van der Waals surface area contributed by atoms with Gasteiger partial charge in [0, 0.05) is 12.5 Å². The summed E-state index contributed by atoms with van der Waals surface area (Å²) in [6.07, 6.45) is -0.153. The Morgan fingerprint density at radius 1 is 1.06 bits per heavy atom. The van der Waals surface area contributed by atoms with Gasteiger partial charge in [-0.2, -0.15) is 0 Å². The number of piperidine rings is 1. The van der Waals surface area contributed by atoms with Crippen molar-refractivity contribution in [2.45, 2.75) is 31.2 Å². The summed E-state index contributed by atoms with van der Waals surface area (Å²) in [7, 11) is 0. The third-order valence-corrected chi connectivity index (χ3v) is 6.25. The van der Waals surface area contributed by atoms with Crippen LogP contribution >= 0.6 is 0 Å². The fraction of sp³-hybridized carbons (Fsp3) is 0.346. The quantitative estimate of drug-likeness (QED) is 0.548. The fourth-order valence-corrected chi connectivity index (χ4v) is 4.34. The summed E-state index contributed by atoms with van der Waals surface area (Å²) < 4.78 is 17.3. The first-order valence-electron chi connectivity index (χ1n) is 11.1. The lowest BCUT2D eigenvalue weighted by atomic mass is 9.87. The normalized spacial score (nSPS) is 22.6. The second-order valence-corrected chi connectivity index (χ2v) is 8.49. The molecule has 2 aliphatic rings. The summed E-state index contributed by atoms with van der Waals surface area (Å²) in [5.41, 5.74) is 2.23. The van der Waals surface area contributed by atoms with Gasteiger partial charge in [0.2, 0.25) is 0 Å². The number of nitrogens with zero attached hydrogens (tertiary/aromatic N) is 1. The van der Waals surface area contributed by atoms with Gasteiger partial charge >= 0.3 is 6.09 Å². The predicted molar refractivity (Wildman–Crippen MR) is 121 cm³/mol. The minimum Gasteiger partial charge on any atom is -0.491 e. The summed E-state index contributed by atoms with van der Waals surface area (Å²) in [5.74, 6) is 0.952. The second-order valence-electron chi connectivity index (χ2n) is 8.49. The number of fused-ring (bicyclic) bond motifs is 1. The Bertz CT molecular complexity index is 1080. The van der Waals surface area contributed by atoms with Gasteiger partial charge in [-0.05, 0) is 46.5 Å². The van der Waals surface area contributed by atoms with Gasteiger partial charge in [-0.1, -0.05) is 48.5 Å². The second kappa shape index (κ2) is 9.18. The van der Waals surface area contributed by atoms with Crippen LogP contribution in [-0.2, 0) is 16.1 Å². The Kier molecular flexibility index (Phi) is 5.97. The lowest BCUT2D eigenvalue weighted by molar-refractivity contribution is -0.0199. The van der Waals surface area contributed by atoms with Crippen molar-refractivity contribution in [3.8, 4) is 5.75 Å². The average Bonchev–Trinajstić information content (AvgIpc) is 3.66. The summed E-state index contributed by atoms with van der Waals surface area (Å²) in [5, 5.41) is 11.9. The summed E-state index contributed by atoms with van der Waals surface area (Å²) in [6, 6.07) is 22.6. The van der Waals surface area contributed by atoms with Gasteiger partial charge in [0.25, 0.3) is 0 Å². The molecular formula is C26H27NO5. The Labute approximate surface area is 187 Å². The van der Waals surface area contributed by atoms with Crippen molar-refractivity contribution in [1.29, 1.82) is 0 Å². The van der Waals surface area contributed by atoms with E-state index >= 15 is 0 Å². The van der Waals surface area contributed by atoms with Crippen LogP contribution < -0.4 is 4.74 Å².